The number of carbonyl (C=O) groups is 1. The molecule has 0 aliphatic carbocycles. The first-order valence-electron chi connectivity index (χ1n) is 9.58. The number of nitrogens with one attached hydrogen (secondary N) is 1. The highest BCUT2D eigenvalue weighted by Crippen LogP contribution is 2.21. The van der Waals surface area contributed by atoms with Crippen LogP contribution >= 0.6 is 0 Å². The Morgan fingerprint density at radius 3 is 2.41 bits per heavy atom. The summed E-state index contributed by atoms with van der Waals surface area (Å²) in [5.41, 5.74) is 2.58. The zero-order chi connectivity index (χ0) is 20.4. The quantitative estimate of drug-likeness (QED) is 0.725. The minimum absolute atomic E-state index is 0.0849. The number of nitrogens with zero attached hydrogens (tertiary/aromatic N) is 7. The fraction of sp³-hybridized carbons (Fsp3) is 0.350. The van der Waals surface area contributed by atoms with Crippen LogP contribution in [0.2, 0.25) is 0 Å². The Bertz CT molecular complexity index is 1010. The van der Waals surface area contributed by atoms with Crippen molar-refractivity contribution in [3.05, 3.63) is 53.6 Å². The van der Waals surface area contributed by atoms with Crippen LogP contribution in [-0.4, -0.2) is 61.9 Å². The summed E-state index contributed by atoms with van der Waals surface area (Å²) in [6.07, 6.45) is 1.64. The number of hydrogen-bond donors (Lipinski definition) is 1. The molecule has 2 aromatic heterocycles. The van der Waals surface area contributed by atoms with E-state index in [4.69, 9.17) is 0 Å². The normalized spacial score (nSPS) is 14.2. The summed E-state index contributed by atoms with van der Waals surface area (Å²) in [6.45, 7) is 6.57. The maximum Gasteiger partial charge on any atom is 0.276 e. The fourth-order valence-corrected chi connectivity index (χ4v) is 3.31. The van der Waals surface area contributed by atoms with E-state index in [1.807, 2.05) is 25.1 Å². The van der Waals surface area contributed by atoms with Gasteiger partial charge in [0, 0.05) is 45.0 Å². The highest BCUT2D eigenvalue weighted by molar-refractivity contribution is 5.92. The molecular formula is C20H24N8O. The summed E-state index contributed by atoms with van der Waals surface area (Å²) in [4.78, 5) is 25.6. The molecule has 3 heterocycles. The van der Waals surface area contributed by atoms with Crippen molar-refractivity contribution in [1.29, 1.82) is 0 Å². The lowest BCUT2D eigenvalue weighted by atomic mass is 10.2. The topological polar surface area (TPSA) is 92.1 Å². The maximum atomic E-state index is 12.5. The highest BCUT2D eigenvalue weighted by Gasteiger charge is 2.25. The van der Waals surface area contributed by atoms with Crippen LogP contribution in [0.3, 0.4) is 0 Å². The van der Waals surface area contributed by atoms with Gasteiger partial charge in [-0.2, -0.15) is 0 Å². The van der Waals surface area contributed by atoms with Gasteiger partial charge in [-0.05, 0) is 26.0 Å². The Labute approximate surface area is 169 Å². The molecule has 1 N–H and O–H groups in total. The monoisotopic (exact) mass is 392 g/mol. The molecule has 0 bridgehead atoms. The van der Waals surface area contributed by atoms with Crippen molar-refractivity contribution >= 4 is 23.2 Å². The van der Waals surface area contributed by atoms with E-state index in [1.165, 1.54) is 10.2 Å². The maximum absolute atomic E-state index is 12.5. The third-order valence-corrected chi connectivity index (χ3v) is 4.86. The standard InChI is InChI=1S/C20H24N8O/c1-14-4-6-16(7-5-14)23-18-12-19(22-15(2)21-18)27-8-10-28(11-9-27)20(29)17-13-26(3)25-24-17/h4-7,12-13H,8-11H2,1-3H3,(H,21,22,23). The van der Waals surface area contributed by atoms with Crippen LogP contribution in [-0.2, 0) is 7.05 Å². The van der Waals surface area contributed by atoms with Gasteiger partial charge in [-0.15, -0.1) is 5.10 Å². The molecule has 4 rings (SSSR count). The van der Waals surface area contributed by atoms with Crippen molar-refractivity contribution in [2.24, 2.45) is 7.05 Å². The first-order chi connectivity index (χ1) is 14.0. The molecule has 1 aromatic carbocycles. The van der Waals surface area contributed by atoms with Crippen LogP contribution < -0.4 is 10.2 Å². The average Bonchev–Trinajstić information content (AvgIpc) is 3.15. The summed E-state index contributed by atoms with van der Waals surface area (Å²) >= 11 is 0. The first kappa shape index (κ1) is 18.9. The Kier molecular flexibility index (Phi) is 5.11. The fourth-order valence-electron chi connectivity index (χ4n) is 3.31. The molecule has 1 amide bonds. The summed E-state index contributed by atoms with van der Waals surface area (Å²) in [5, 5.41) is 11.1. The lowest BCUT2D eigenvalue weighted by Crippen LogP contribution is -2.49. The summed E-state index contributed by atoms with van der Waals surface area (Å²) in [5.74, 6) is 2.24. The van der Waals surface area contributed by atoms with Gasteiger partial charge >= 0.3 is 0 Å². The third kappa shape index (κ3) is 4.34. The zero-order valence-corrected chi connectivity index (χ0v) is 16.8. The van der Waals surface area contributed by atoms with E-state index >= 15 is 0 Å². The van der Waals surface area contributed by atoms with Crippen LogP contribution in [0.25, 0.3) is 0 Å². The van der Waals surface area contributed by atoms with Gasteiger partial charge in [0.1, 0.15) is 17.5 Å². The number of piperazine rings is 1. The van der Waals surface area contributed by atoms with E-state index in [0.717, 1.165) is 17.3 Å². The van der Waals surface area contributed by atoms with Crippen LogP contribution in [0.5, 0.6) is 0 Å². The van der Waals surface area contributed by atoms with Gasteiger partial charge in [0.25, 0.3) is 5.91 Å². The van der Waals surface area contributed by atoms with Crippen molar-refractivity contribution in [3.8, 4) is 0 Å². The Morgan fingerprint density at radius 2 is 1.76 bits per heavy atom. The lowest BCUT2D eigenvalue weighted by molar-refractivity contribution is 0.0740. The van der Waals surface area contributed by atoms with Gasteiger partial charge in [-0.25, -0.2) is 9.97 Å². The van der Waals surface area contributed by atoms with Crippen molar-refractivity contribution < 1.29 is 4.79 Å². The third-order valence-electron chi connectivity index (χ3n) is 4.86. The number of anilines is 3. The summed E-state index contributed by atoms with van der Waals surface area (Å²) in [7, 11) is 1.75. The molecule has 3 aromatic rings. The highest BCUT2D eigenvalue weighted by atomic mass is 16.2. The Hall–Kier alpha value is -3.49. The summed E-state index contributed by atoms with van der Waals surface area (Å²) < 4.78 is 1.54. The Balaban J connectivity index is 1.43. The molecule has 1 fully saturated rings. The van der Waals surface area contributed by atoms with Gasteiger partial charge in [0.05, 0.1) is 6.20 Å². The Morgan fingerprint density at radius 1 is 1.03 bits per heavy atom. The minimum Gasteiger partial charge on any atom is -0.353 e. The lowest BCUT2D eigenvalue weighted by Gasteiger charge is -2.35. The molecule has 1 saturated heterocycles. The molecule has 29 heavy (non-hydrogen) atoms. The molecule has 150 valence electrons. The van der Waals surface area contributed by atoms with E-state index in [9.17, 15) is 4.79 Å². The number of aromatic nitrogens is 5. The second kappa shape index (κ2) is 7.86. The van der Waals surface area contributed by atoms with Crippen molar-refractivity contribution in [2.45, 2.75) is 13.8 Å². The number of aryl methyl sites for hydroxylation is 3. The smallest absolute Gasteiger partial charge is 0.276 e. The average molecular weight is 392 g/mol. The van der Waals surface area contributed by atoms with Gasteiger partial charge in [-0.3, -0.25) is 9.48 Å². The van der Waals surface area contributed by atoms with Gasteiger partial charge in [0.15, 0.2) is 5.69 Å². The van der Waals surface area contributed by atoms with Crippen LogP contribution in [0.4, 0.5) is 17.3 Å². The van der Waals surface area contributed by atoms with E-state index in [0.29, 0.717) is 37.7 Å². The van der Waals surface area contributed by atoms with E-state index in [-0.39, 0.29) is 5.91 Å². The molecule has 1 aliphatic rings. The van der Waals surface area contributed by atoms with Crippen LogP contribution in [0.1, 0.15) is 21.9 Å². The molecule has 9 heteroatoms. The van der Waals surface area contributed by atoms with Crippen LogP contribution in [0, 0.1) is 13.8 Å². The van der Waals surface area contributed by atoms with Gasteiger partial charge < -0.3 is 15.1 Å². The largest absolute Gasteiger partial charge is 0.353 e. The molecule has 0 saturated carbocycles. The van der Waals surface area contributed by atoms with Crippen molar-refractivity contribution in [2.75, 3.05) is 36.4 Å². The molecule has 9 nitrogen and oxygen atoms in total. The van der Waals surface area contributed by atoms with Crippen molar-refractivity contribution in [3.63, 3.8) is 0 Å². The molecule has 0 atom stereocenters. The number of hydrogen-bond acceptors (Lipinski definition) is 7. The number of rotatable bonds is 4. The van der Waals surface area contributed by atoms with Crippen molar-refractivity contribution in [1.82, 2.24) is 29.9 Å². The predicted molar refractivity (Wildman–Crippen MR) is 110 cm³/mol. The molecule has 0 radical (unpaired) electrons. The van der Waals surface area contributed by atoms with E-state index in [1.54, 1.807) is 18.1 Å². The minimum atomic E-state index is -0.0849. The molecule has 0 spiro atoms. The van der Waals surface area contributed by atoms with E-state index < -0.39 is 0 Å². The predicted octanol–water partition coefficient (Wildman–Crippen LogP) is 1.93. The molecule has 0 unspecified atom stereocenters. The SMILES string of the molecule is Cc1ccc(Nc2cc(N3CCN(C(=O)c4cn(C)nn4)CC3)nc(C)n2)cc1. The van der Waals surface area contributed by atoms with Gasteiger partial charge in [-0.1, -0.05) is 22.9 Å². The van der Waals surface area contributed by atoms with Gasteiger partial charge in [0.2, 0.25) is 0 Å². The van der Waals surface area contributed by atoms with Crippen LogP contribution in [0.15, 0.2) is 36.5 Å². The first-order valence-corrected chi connectivity index (χ1v) is 9.58. The number of benzene rings is 1. The molecule has 1 aliphatic heterocycles. The second-order valence-corrected chi connectivity index (χ2v) is 7.21. The summed E-state index contributed by atoms with van der Waals surface area (Å²) in [6, 6.07) is 10.1. The second-order valence-electron chi connectivity index (χ2n) is 7.21. The number of amides is 1. The zero-order valence-electron chi connectivity index (χ0n) is 16.8. The van der Waals surface area contributed by atoms with E-state index in [2.05, 4.69) is 49.6 Å². The molecular weight excluding hydrogens is 368 g/mol. The number of carbonyl (C=O) groups excluding carboxylic acids is 1.